The van der Waals surface area contributed by atoms with E-state index in [-0.39, 0.29) is 17.9 Å². The Labute approximate surface area is 168 Å². The van der Waals surface area contributed by atoms with E-state index in [9.17, 15) is 9.59 Å². The summed E-state index contributed by atoms with van der Waals surface area (Å²) in [6, 6.07) is 23.8. The molecule has 1 heterocycles. The number of hydrogen-bond acceptors (Lipinski definition) is 3. The van der Waals surface area contributed by atoms with Gasteiger partial charge in [0.2, 0.25) is 5.91 Å². The third-order valence-corrected chi connectivity index (χ3v) is 4.56. The Balaban J connectivity index is 1.44. The molecular formula is C24H20N2O3. The summed E-state index contributed by atoms with van der Waals surface area (Å²) in [5.74, 6) is 1.29. The van der Waals surface area contributed by atoms with Gasteiger partial charge in [0.1, 0.15) is 18.0 Å². The van der Waals surface area contributed by atoms with E-state index in [1.165, 1.54) is 6.07 Å². The maximum Gasteiger partial charge on any atom is 0.244 e. The second-order valence-electron chi connectivity index (χ2n) is 6.82. The molecule has 0 aliphatic heterocycles. The molecule has 4 rings (SSSR count). The van der Waals surface area contributed by atoms with Crippen molar-refractivity contribution in [3.8, 4) is 11.5 Å². The van der Waals surface area contributed by atoms with Crippen molar-refractivity contribution >= 4 is 22.5 Å². The summed E-state index contributed by atoms with van der Waals surface area (Å²) in [4.78, 5) is 24.4. The van der Waals surface area contributed by atoms with Gasteiger partial charge in [-0.15, -0.1) is 0 Å². The first kappa shape index (κ1) is 18.5. The Bertz CT molecular complexity index is 1230. The number of amides is 1. The minimum Gasteiger partial charge on any atom is -0.457 e. The minimum absolute atomic E-state index is 0.0542. The van der Waals surface area contributed by atoms with Crippen molar-refractivity contribution in [3.63, 3.8) is 0 Å². The number of nitrogens with one attached hydrogen (secondary N) is 1. The predicted octanol–water partition coefficient (Wildman–Crippen LogP) is 4.74. The molecule has 0 radical (unpaired) electrons. The van der Waals surface area contributed by atoms with E-state index in [2.05, 4.69) is 5.32 Å². The average molecular weight is 384 g/mol. The summed E-state index contributed by atoms with van der Waals surface area (Å²) in [5.41, 5.74) is 2.48. The lowest BCUT2D eigenvalue weighted by Crippen LogP contribution is -2.20. The van der Waals surface area contributed by atoms with Crippen LogP contribution in [-0.4, -0.2) is 10.5 Å². The van der Waals surface area contributed by atoms with Gasteiger partial charge < -0.3 is 14.6 Å². The predicted molar refractivity (Wildman–Crippen MR) is 115 cm³/mol. The Morgan fingerprint density at radius 2 is 1.72 bits per heavy atom. The zero-order valence-electron chi connectivity index (χ0n) is 16.0. The van der Waals surface area contributed by atoms with Crippen LogP contribution in [0.1, 0.15) is 5.56 Å². The molecule has 0 fully saturated rings. The number of aryl methyl sites for hydroxylation is 1. The molecule has 0 bridgehead atoms. The number of para-hydroxylation sites is 1. The number of fused-ring (bicyclic) bond motifs is 1. The van der Waals surface area contributed by atoms with Gasteiger partial charge in [0, 0.05) is 23.3 Å². The second-order valence-corrected chi connectivity index (χ2v) is 6.82. The van der Waals surface area contributed by atoms with Crippen LogP contribution >= 0.6 is 0 Å². The first-order valence-electron chi connectivity index (χ1n) is 9.31. The first-order chi connectivity index (χ1) is 14.1. The van der Waals surface area contributed by atoms with Gasteiger partial charge in [-0.1, -0.05) is 24.3 Å². The lowest BCUT2D eigenvalue weighted by atomic mass is 10.2. The Kier molecular flexibility index (Phi) is 5.12. The normalized spacial score (nSPS) is 10.7. The lowest BCUT2D eigenvalue weighted by molar-refractivity contribution is -0.116. The Morgan fingerprint density at radius 1 is 0.931 bits per heavy atom. The molecule has 144 valence electrons. The van der Waals surface area contributed by atoms with Crippen LogP contribution in [0, 0.1) is 6.92 Å². The van der Waals surface area contributed by atoms with Gasteiger partial charge in [-0.25, -0.2) is 0 Å². The van der Waals surface area contributed by atoms with Gasteiger partial charge in [-0.2, -0.15) is 0 Å². The fraction of sp³-hybridized carbons (Fsp3) is 0.0833. The van der Waals surface area contributed by atoms with Gasteiger partial charge in [-0.05, 0) is 61.0 Å². The number of nitrogens with zero attached hydrogens (tertiary/aromatic N) is 1. The van der Waals surface area contributed by atoms with Crippen LogP contribution in [0.15, 0.2) is 89.9 Å². The van der Waals surface area contributed by atoms with Gasteiger partial charge in [0.25, 0.3) is 0 Å². The van der Waals surface area contributed by atoms with Crippen LogP contribution in [0.4, 0.5) is 5.69 Å². The van der Waals surface area contributed by atoms with Crippen LogP contribution in [0.3, 0.4) is 0 Å². The molecule has 5 nitrogen and oxygen atoms in total. The second kappa shape index (κ2) is 8.02. The van der Waals surface area contributed by atoms with Gasteiger partial charge in [0.05, 0.1) is 5.52 Å². The van der Waals surface area contributed by atoms with Crippen molar-refractivity contribution in [1.82, 2.24) is 4.57 Å². The molecule has 0 aliphatic rings. The van der Waals surface area contributed by atoms with E-state index in [0.717, 1.165) is 16.8 Å². The number of rotatable bonds is 5. The topological polar surface area (TPSA) is 60.3 Å². The number of hydrogen-bond donors (Lipinski definition) is 1. The molecule has 1 N–H and O–H groups in total. The van der Waals surface area contributed by atoms with Crippen LogP contribution in [0.25, 0.3) is 10.9 Å². The zero-order valence-corrected chi connectivity index (χ0v) is 16.0. The molecule has 0 atom stereocenters. The first-order valence-corrected chi connectivity index (χ1v) is 9.31. The van der Waals surface area contributed by atoms with Gasteiger partial charge in [-0.3, -0.25) is 9.59 Å². The number of pyridine rings is 1. The standard InChI is InChI=1S/C24H20N2O3/c1-17-5-4-6-20(15-17)29-19-11-9-18(10-12-19)25-24(28)16-26-14-13-23(27)21-7-2-3-8-22(21)26/h2-15H,16H2,1H3,(H,25,28). The maximum atomic E-state index is 12.5. The third kappa shape index (κ3) is 4.35. The third-order valence-electron chi connectivity index (χ3n) is 4.56. The fourth-order valence-electron chi connectivity index (χ4n) is 3.17. The highest BCUT2D eigenvalue weighted by molar-refractivity contribution is 5.91. The highest BCUT2D eigenvalue weighted by Crippen LogP contribution is 2.23. The summed E-state index contributed by atoms with van der Waals surface area (Å²) in [5, 5.41) is 3.47. The quantitative estimate of drug-likeness (QED) is 0.541. The van der Waals surface area contributed by atoms with Crippen molar-refractivity contribution in [2.45, 2.75) is 13.5 Å². The molecule has 0 unspecified atom stereocenters. The number of anilines is 1. The number of benzene rings is 3. The van der Waals surface area contributed by atoms with E-state index < -0.39 is 0 Å². The molecule has 4 aromatic rings. The smallest absolute Gasteiger partial charge is 0.244 e. The number of carbonyl (C=O) groups excluding carboxylic acids is 1. The van der Waals surface area contributed by atoms with Gasteiger partial charge >= 0.3 is 0 Å². The fourth-order valence-corrected chi connectivity index (χ4v) is 3.17. The average Bonchev–Trinajstić information content (AvgIpc) is 2.72. The molecule has 29 heavy (non-hydrogen) atoms. The largest absolute Gasteiger partial charge is 0.457 e. The SMILES string of the molecule is Cc1cccc(Oc2ccc(NC(=O)Cn3ccc(=O)c4ccccc43)cc2)c1. The molecule has 0 saturated heterocycles. The Morgan fingerprint density at radius 3 is 2.52 bits per heavy atom. The van der Waals surface area contributed by atoms with Crippen molar-refractivity contribution in [3.05, 3.63) is 101 Å². The molecule has 1 aromatic heterocycles. The summed E-state index contributed by atoms with van der Waals surface area (Å²) < 4.78 is 7.59. The molecule has 0 aliphatic carbocycles. The highest BCUT2D eigenvalue weighted by Gasteiger charge is 2.07. The molecule has 3 aromatic carbocycles. The number of ether oxygens (including phenoxy) is 1. The van der Waals surface area contributed by atoms with Crippen LogP contribution in [0.5, 0.6) is 11.5 Å². The van der Waals surface area contributed by atoms with Crippen molar-refractivity contribution in [2.75, 3.05) is 5.32 Å². The maximum absolute atomic E-state index is 12.5. The zero-order chi connectivity index (χ0) is 20.2. The van der Waals surface area contributed by atoms with E-state index in [4.69, 9.17) is 4.74 Å². The minimum atomic E-state index is -0.175. The highest BCUT2D eigenvalue weighted by atomic mass is 16.5. The summed E-state index contributed by atoms with van der Waals surface area (Å²) in [7, 11) is 0. The summed E-state index contributed by atoms with van der Waals surface area (Å²) in [6.07, 6.45) is 1.64. The van der Waals surface area contributed by atoms with E-state index in [1.807, 2.05) is 61.5 Å². The molecular weight excluding hydrogens is 364 g/mol. The van der Waals surface area contributed by atoms with Gasteiger partial charge in [0.15, 0.2) is 5.43 Å². The number of aromatic nitrogens is 1. The molecule has 0 saturated carbocycles. The number of carbonyl (C=O) groups is 1. The van der Waals surface area contributed by atoms with Crippen molar-refractivity contribution < 1.29 is 9.53 Å². The summed E-state index contributed by atoms with van der Waals surface area (Å²) >= 11 is 0. The Hall–Kier alpha value is -3.86. The molecule has 0 spiro atoms. The lowest BCUT2D eigenvalue weighted by Gasteiger charge is -2.11. The van der Waals surface area contributed by atoms with E-state index >= 15 is 0 Å². The van der Waals surface area contributed by atoms with E-state index in [0.29, 0.717) is 16.8 Å². The summed E-state index contributed by atoms with van der Waals surface area (Å²) in [6.45, 7) is 2.12. The van der Waals surface area contributed by atoms with Crippen LogP contribution in [0.2, 0.25) is 0 Å². The van der Waals surface area contributed by atoms with Crippen LogP contribution in [-0.2, 0) is 11.3 Å². The van der Waals surface area contributed by atoms with E-state index in [1.54, 1.807) is 29.0 Å². The monoisotopic (exact) mass is 384 g/mol. The van der Waals surface area contributed by atoms with Crippen molar-refractivity contribution in [1.29, 1.82) is 0 Å². The molecule has 1 amide bonds. The van der Waals surface area contributed by atoms with Crippen molar-refractivity contribution in [2.24, 2.45) is 0 Å². The molecule has 5 heteroatoms. The van der Waals surface area contributed by atoms with Crippen LogP contribution < -0.4 is 15.5 Å².